The van der Waals surface area contributed by atoms with Crippen LogP contribution in [0.15, 0.2) is 24.4 Å². The number of halogens is 1. The maximum atomic E-state index is 15.6. The summed E-state index contributed by atoms with van der Waals surface area (Å²) in [6, 6.07) is 4.30. The molecular formula is C21H28FN5O5Si. The van der Waals surface area contributed by atoms with Crippen molar-refractivity contribution in [1.82, 2.24) is 15.0 Å². The average molecular weight is 478 g/mol. The molecule has 10 nitrogen and oxygen atoms in total. The molecule has 178 valence electrons. The van der Waals surface area contributed by atoms with Crippen molar-refractivity contribution in [1.29, 1.82) is 0 Å². The Bertz CT molecular complexity index is 1090. The standard InChI is InChI=1S/C21H28FN5O5Si/c1-13-19(33(3,4)22)18(7-9-26-12-14(8-10-28)23-24-26)32-21(13)16-11-15(27(30)31)5-6-17(16)25(2)20(21)29/h5-6,11-13,18-19,28H,7-10H2,1-4H3/t13-,18+,19-,21+/m0/s1. The van der Waals surface area contributed by atoms with Crippen molar-refractivity contribution in [2.45, 2.75) is 56.7 Å². The molecule has 1 amide bonds. The molecule has 0 aliphatic carbocycles. The summed E-state index contributed by atoms with van der Waals surface area (Å²) in [6.45, 7) is 5.40. The Hall–Kier alpha value is -2.70. The Morgan fingerprint density at radius 1 is 1.39 bits per heavy atom. The highest BCUT2D eigenvalue weighted by molar-refractivity contribution is 6.72. The van der Waals surface area contributed by atoms with Gasteiger partial charge >= 0.3 is 0 Å². The van der Waals surface area contributed by atoms with E-state index >= 15 is 4.11 Å². The largest absolute Gasteiger partial charge is 0.396 e. The van der Waals surface area contributed by atoms with E-state index in [2.05, 4.69) is 10.3 Å². The summed E-state index contributed by atoms with van der Waals surface area (Å²) >= 11 is 0. The number of fused-ring (bicyclic) bond motifs is 2. The number of ether oxygens (including phenoxy) is 1. The van der Waals surface area contributed by atoms with Gasteiger partial charge in [0.15, 0.2) is 5.60 Å². The molecule has 1 fully saturated rings. The first-order chi connectivity index (χ1) is 15.5. The molecule has 0 unspecified atom stereocenters. The van der Waals surface area contributed by atoms with Gasteiger partial charge < -0.3 is 18.9 Å². The first-order valence-corrected chi connectivity index (χ1v) is 13.9. The number of aromatic nitrogens is 3. The Kier molecular flexibility index (Phi) is 5.87. The van der Waals surface area contributed by atoms with Crippen molar-refractivity contribution in [3.63, 3.8) is 0 Å². The van der Waals surface area contributed by atoms with Gasteiger partial charge in [0.2, 0.25) is 8.41 Å². The normalized spacial score (nSPS) is 26.9. The Morgan fingerprint density at radius 2 is 2.12 bits per heavy atom. The third-order valence-electron chi connectivity index (χ3n) is 6.88. The molecule has 1 spiro atoms. The van der Waals surface area contributed by atoms with Crippen molar-refractivity contribution in [3.05, 3.63) is 45.8 Å². The summed E-state index contributed by atoms with van der Waals surface area (Å²) in [7, 11) is -1.70. The minimum atomic E-state index is -3.31. The van der Waals surface area contributed by atoms with E-state index in [1.807, 2.05) is 6.92 Å². The van der Waals surface area contributed by atoms with Gasteiger partial charge in [0.05, 0.1) is 22.4 Å². The van der Waals surface area contributed by atoms with E-state index in [-0.39, 0.29) is 18.2 Å². The van der Waals surface area contributed by atoms with Crippen LogP contribution >= 0.6 is 0 Å². The third kappa shape index (κ3) is 3.75. The van der Waals surface area contributed by atoms with Crippen LogP contribution in [0.5, 0.6) is 0 Å². The molecule has 1 saturated heterocycles. The number of nitrogens with zero attached hydrogens (tertiary/aromatic N) is 5. The van der Waals surface area contributed by atoms with Crippen LogP contribution in [-0.2, 0) is 28.1 Å². The minimum Gasteiger partial charge on any atom is -0.396 e. The van der Waals surface area contributed by atoms with E-state index < -0.39 is 36.5 Å². The van der Waals surface area contributed by atoms with E-state index in [4.69, 9.17) is 9.84 Å². The molecule has 0 bridgehead atoms. The molecule has 0 radical (unpaired) electrons. The van der Waals surface area contributed by atoms with Crippen molar-refractivity contribution in [3.8, 4) is 0 Å². The molecule has 2 aliphatic heterocycles. The van der Waals surface area contributed by atoms with Gasteiger partial charge in [-0.1, -0.05) is 12.1 Å². The lowest BCUT2D eigenvalue weighted by Gasteiger charge is -2.30. The highest BCUT2D eigenvalue weighted by atomic mass is 28.4. The van der Waals surface area contributed by atoms with Crippen molar-refractivity contribution in [2.24, 2.45) is 5.92 Å². The summed E-state index contributed by atoms with van der Waals surface area (Å²) in [6.07, 6.45) is 1.95. The molecule has 1 aromatic carbocycles. The zero-order valence-electron chi connectivity index (χ0n) is 19.1. The van der Waals surface area contributed by atoms with Gasteiger partial charge in [0, 0.05) is 62.0 Å². The molecule has 1 aromatic heterocycles. The van der Waals surface area contributed by atoms with E-state index in [1.54, 1.807) is 37.1 Å². The fraction of sp³-hybridized carbons (Fsp3) is 0.571. The number of likely N-dealkylation sites (N-methyl/N-ethyl adjacent to an activating group) is 1. The zero-order valence-corrected chi connectivity index (χ0v) is 20.1. The summed E-state index contributed by atoms with van der Waals surface area (Å²) < 4.78 is 23.7. The van der Waals surface area contributed by atoms with Crippen LogP contribution in [0.25, 0.3) is 0 Å². The number of aliphatic hydroxyl groups is 1. The maximum absolute atomic E-state index is 15.6. The molecule has 4 rings (SSSR count). The number of hydrogen-bond donors (Lipinski definition) is 1. The number of anilines is 1. The molecule has 0 saturated carbocycles. The summed E-state index contributed by atoms with van der Waals surface area (Å²) in [5, 5.41) is 28.6. The van der Waals surface area contributed by atoms with E-state index in [9.17, 15) is 14.9 Å². The number of amides is 1. The number of nitro benzene ring substituents is 1. The number of aliphatic hydroxyl groups excluding tert-OH is 1. The third-order valence-corrected chi connectivity index (χ3v) is 9.34. The van der Waals surface area contributed by atoms with Gasteiger partial charge in [0.1, 0.15) is 0 Å². The molecule has 1 N–H and O–H groups in total. The van der Waals surface area contributed by atoms with Gasteiger partial charge in [-0.2, -0.15) is 0 Å². The predicted molar refractivity (Wildman–Crippen MR) is 120 cm³/mol. The van der Waals surface area contributed by atoms with Gasteiger partial charge in [0.25, 0.3) is 11.6 Å². The van der Waals surface area contributed by atoms with E-state index in [0.717, 1.165) is 0 Å². The lowest BCUT2D eigenvalue weighted by atomic mass is 9.82. The van der Waals surface area contributed by atoms with Crippen LogP contribution in [0.1, 0.15) is 24.6 Å². The monoisotopic (exact) mass is 477 g/mol. The quantitative estimate of drug-likeness (QED) is 0.281. The van der Waals surface area contributed by atoms with Crippen LogP contribution in [0.4, 0.5) is 15.5 Å². The second kappa shape index (κ2) is 8.26. The van der Waals surface area contributed by atoms with Crippen LogP contribution in [0, 0.1) is 16.0 Å². The molecule has 2 aromatic rings. The lowest BCUT2D eigenvalue weighted by Crippen LogP contribution is -2.44. The number of carbonyl (C=O) groups is 1. The molecule has 2 aliphatic rings. The summed E-state index contributed by atoms with van der Waals surface area (Å²) in [4.78, 5) is 25.9. The minimum absolute atomic E-state index is 0.0324. The second-order valence-electron chi connectivity index (χ2n) is 9.33. The van der Waals surface area contributed by atoms with Gasteiger partial charge in [-0.15, -0.1) is 5.10 Å². The predicted octanol–water partition coefficient (Wildman–Crippen LogP) is 2.56. The number of rotatable bonds is 7. The fourth-order valence-electron chi connectivity index (χ4n) is 5.46. The number of aryl methyl sites for hydroxylation is 1. The van der Waals surface area contributed by atoms with Gasteiger partial charge in [-0.25, -0.2) is 0 Å². The van der Waals surface area contributed by atoms with Crippen LogP contribution < -0.4 is 4.90 Å². The maximum Gasteiger partial charge on any atom is 0.269 e. The van der Waals surface area contributed by atoms with Crippen LogP contribution in [0.3, 0.4) is 0 Å². The topological polar surface area (TPSA) is 124 Å². The number of nitro groups is 1. The molecule has 4 atom stereocenters. The molecule has 12 heteroatoms. The fourth-order valence-corrected chi connectivity index (χ4v) is 8.00. The number of non-ortho nitro benzene ring substituents is 1. The van der Waals surface area contributed by atoms with Gasteiger partial charge in [-0.05, 0) is 25.6 Å². The molecular weight excluding hydrogens is 449 g/mol. The van der Waals surface area contributed by atoms with E-state index in [0.29, 0.717) is 36.3 Å². The first kappa shape index (κ1) is 23.5. The summed E-state index contributed by atoms with van der Waals surface area (Å²) in [5.74, 6) is -0.838. The first-order valence-electron chi connectivity index (χ1n) is 10.9. The Morgan fingerprint density at radius 3 is 2.76 bits per heavy atom. The van der Waals surface area contributed by atoms with E-state index in [1.165, 1.54) is 17.0 Å². The van der Waals surface area contributed by atoms with Gasteiger partial charge in [-0.3, -0.25) is 19.6 Å². The highest BCUT2D eigenvalue weighted by Crippen LogP contribution is 2.60. The number of hydrogen-bond acceptors (Lipinski definition) is 7. The lowest BCUT2D eigenvalue weighted by molar-refractivity contribution is -0.385. The molecule has 33 heavy (non-hydrogen) atoms. The van der Waals surface area contributed by atoms with Crippen LogP contribution in [0.2, 0.25) is 18.6 Å². The van der Waals surface area contributed by atoms with Crippen molar-refractivity contribution < 1.29 is 23.7 Å². The second-order valence-corrected chi connectivity index (χ2v) is 13.1. The number of carbonyl (C=O) groups excluding carboxylic acids is 1. The summed E-state index contributed by atoms with van der Waals surface area (Å²) in [5.41, 5.74) is -0.483. The zero-order chi connectivity index (χ0) is 24.1. The Balaban J connectivity index is 1.71. The smallest absolute Gasteiger partial charge is 0.269 e. The Labute approximate surface area is 191 Å². The molecule has 3 heterocycles. The van der Waals surface area contributed by atoms with Crippen molar-refractivity contribution in [2.75, 3.05) is 18.6 Å². The van der Waals surface area contributed by atoms with Crippen molar-refractivity contribution >= 4 is 25.7 Å². The van der Waals surface area contributed by atoms with Crippen LogP contribution in [-0.4, -0.2) is 59.1 Å². The average Bonchev–Trinajstić information content (AvgIpc) is 3.38. The number of benzene rings is 1. The highest BCUT2D eigenvalue weighted by Gasteiger charge is 2.66. The SMILES string of the molecule is C[C@H]1[C@H]([Si](C)(C)F)[C@@H](CCn2cc(CCO)nn2)O[C@]12C(=O)N(C)c1ccc([N+](=O)[O-])cc12.